The Kier molecular flexibility index (Phi) is 6.94. The fraction of sp³-hybridized carbons (Fsp3) is 0.333. The Hall–Kier alpha value is -1.89. The highest BCUT2D eigenvalue weighted by molar-refractivity contribution is 6.36. The van der Waals surface area contributed by atoms with Crippen molar-refractivity contribution >= 4 is 40.6 Å². The topological polar surface area (TPSA) is 52.5 Å². The highest BCUT2D eigenvalue weighted by Gasteiger charge is 2.34. The van der Waals surface area contributed by atoms with Gasteiger partial charge in [-0.2, -0.15) is 0 Å². The van der Waals surface area contributed by atoms with Crippen molar-refractivity contribution in [2.75, 3.05) is 31.1 Å². The fourth-order valence-electron chi connectivity index (χ4n) is 4.23. The zero-order chi connectivity index (χ0) is 22.9. The Morgan fingerprint density at radius 3 is 2.47 bits per heavy atom. The standard InChI is InChI=1S/C24H25Cl3N4O/c1-16-11-18(7-8-28-16)24(2,32)15-30-9-10-31(23-21(27)12-20(26)13-29-23)22(14-30)17-3-5-19(25)6-4-17/h3-8,11-13,22,32H,9-10,14-15H2,1-2H3/t22-,24+/m0/s1. The second-order valence-electron chi connectivity index (χ2n) is 8.41. The van der Waals surface area contributed by atoms with Crippen molar-refractivity contribution in [3.8, 4) is 0 Å². The second-order valence-corrected chi connectivity index (χ2v) is 9.69. The molecule has 5 nitrogen and oxygen atoms in total. The minimum Gasteiger partial charge on any atom is -0.384 e. The van der Waals surface area contributed by atoms with Crippen LogP contribution >= 0.6 is 34.8 Å². The van der Waals surface area contributed by atoms with Crippen LogP contribution in [0.5, 0.6) is 0 Å². The first-order valence-electron chi connectivity index (χ1n) is 10.4. The van der Waals surface area contributed by atoms with E-state index < -0.39 is 5.60 Å². The number of halogens is 3. The minimum absolute atomic E-state index is 0.0119. The largest absolute Gasteiger partial charge is 0.384 e. The van der Waals surface area contributed by atoms with Crippen LogP contribution in [0.3, 0.4) is 0 Å². The molecule has 2 aromatic heterocycles. The van der Waals surface area contributed by atoms with Crippen LogP contribution in [0, 0.1) is 6.92 Å². The lowest BCUT2D eigenvalue weighted by Gasteiger charge is -2.44. The number of nitrogens with zero attached hydrogens (tertiary/aromatic N) is 4. The molecule has 0 unspecified atom stereocenters. The first-order valence-corrected chi connectivity index (χ1v) is 11.6. The van der Waals surface area contributed by atoms with Crippen LogP contribution in [0.2, 0.25) is 15.1 Å². The number of rotatable bonds is 5. The Balaban J connectivity index is 1.62. The number of aliphatic hydroxyl groups is 1. The zero-order valence-corrected chi connectivity index (χ0v) is 20.2. The summed E-state index contributed by atoms with van der Waals surface area (Å²) in [6.07, 6.45) is 3.35. The van der Waals surface area contributed by atoms with Crippen molar-refractivity contribution < 1.29 is 5.11 Å². The van der Waals surface area contributed by atoms with Gasteiger partial charge in [-0.15, -0.1) is 0 Å². The molecular formula is C24H25Cl3N4O. The summed E-state index contributed by atoms with van der Waals surface area (Å²) in [5.74, 6) is 0.701. The number of anilines is 1. The van der Waals surface area contributed by atoms with Crippen LogP contribution in [0.25, 0.3) is 0 Å². The number of pyridine rings is 2. The van der Waals surface area contributed by atoms with E-state index in [4.69, 9.17) is 34.8 Å². The summed E-state index contributed by atoms with van der Waals surface area (Å²) >= 11 is 18.7. The average molecular weight is 492 g/mol. The summed E-state index contributed by atoms with van der Waals surface area (Å²) < 4.78 is 0. The SMILES string of the molecule is Cc1cc([C@](C)(O)CN2CCN(c3ncc(Cl)cc3Cl)[C@H](c3ccc(Cl)cc3)C2)ccn1. The van der Waals surface area contributed by atoms with Gasteiger partial charge in [0.05, 0.1) is 21.7 Å². The van der Waals surface area contributed by atoms with Crippen molar-refractivity contribution in [1.82, 2.24) is 14.9 Å². The van der Waals surface area contributed by atoms with Gasteiger partial charge in [-0.1, -0.05) is 46.9 Å². The van der Waals surface area contributed by atoms with Crippen LogP contribution in [0.4, 0.5) is 5.82 Å². The summed E-state index contributed by atoms with van der Waals surface area (Å²) in [4.78, 5) is 13.2. The number of benzene rings is 1. The molecule has 3 heterocycles. The van der Waals surface area contributed by atoms with Gasteiger partial charge < -0.3 is 10.0 Å². The maximum absolute atomic E-state index is 11.3. The average Bonchev–Trinajstić information content (AvgIpc) is 2.74. The summed E-state index contributed by atoms with van der Waals surface area (Å²) in [6, 6.07) is 13.3. The van der Waals surface area contributed by atoms with Gasteiger partial charge in [0.1, 0.15) is 5.82 Å². The summed E-state index contributed by atoms with van der Waals surface area (Å²) in [5.41, 5.74) is 1.84. The van der Waals surface area contributed by atoms with E-state index in [1.807, 2.05) is 50.2 Å². The highest BCUT2D eigenvalue weighted by atomic mass is 35.5. The molecule has 0 radical (unpaired) electrons. The predicted molar refractivity (Wildman–Crippen MR) is 131 cm³/mol. The van der Waals surface area contributed by atoms with Crippen molar-refractivity contribution in [3.63, 3.8) is 0 Å². The minimum atomic E-state index is -1.00. The molecule has 0 spiro atoms. The van der Waals surface area contributed by atoms with E-state index in [1.54, 1.807) is 18.5 Å². The molecule has 168 valence electrons. The Morgan fingerprint density at radius 2 is 1.78 bits per heavy atom. The normalized spacial score (nSPS) is 19.1. The number of aromatic nitrogens is 2. The molecule has 4 rings (SSSR count). The first-order chi connectivity index (χ1) is 15.2. The van der Waals surface area contributed by atoms with E-state index in [-0.39, 0.29) is 6.04 Å². The molecule has 1 fully saturated rings. The third-order valence-corrected chi connectivity index (χ3v) is 6.57. The van der Waals surface area contributed by atoms with E-state index in [1.165, 1.54) is 0 Å². The Labute approximate surface area is 203 Å². The Bertz CT molecular complexity index is 1090. The van der Waals surface area contributed by atoms with Gasteiger partial charge in [0.25, 0.3) is 0 Å². The smallest absolute Gasteiger partial charge is 0.148 e. The molecule has 0 saturated carbocycles. The molecule has 1 N–H and O–H groups in total. The number of hydrogen-bond donors (Lipinski definition) is 1. The molecule has 0 amide bonds. The zero-order valence-electron chi connectivity index (χ0n) is 18.0. The van der Waals surface area contributed by atoms with Crippen molar-refractivity contribution in [3.05, 3.63) is 86.7 Å². The third kappa shape index (κ3) is 5.19. The van der Waals surface area contributed by atoms with Gasteiger partial charge in [0, 0.05) is 49.3 Å². The lowest BCUT2D eigenvalue weighted by atomic mass is 9.94. The van der Waals surface area contributed by atoms with Gasteiger partial charge in [-0.25, -0.2) is 4.98 Å². The van der Waals surface area contributed by atoms with Crippen LogP contribution in [-0.2, 0) is 5.60 Å². The van der Waals surface area contributed by atoms with Gasteiger partial charge in [-0.3, -0.25) is 9.88 Å². The lowest BCUT2D eigenvalue weighted by Crippen LogP contribution is -2.52. The number of aryl methyl sites for hydroxylation is 1. The third-order valence-electron chi connectivity index (χ3n) is 5.83. The second kappa shape index (κ2) is 9.54. The summed E-state index contributed by atoms with van der Waals surface area (Å²) in [5, 5.41) is 13.0. The van der Waals surface area contributed by atoms with Crippen LogP contribution < -0.4 is 4.90 Å². The first kappa shape index (κ1) is 23.3. The maximum atomic E-state index is 11.3. The number of hydrogen-bond acceptors (Lipinski definition) is 5. The molecule has 2 atom stereocenters. The molecule has 32 heavy (non-hydrogen) atoms. The van der Waals surface area contributed by atoms with Crippen LogP contribution in [0.15, 0.2) is 54.9 Å². The van der Waals surface area contributed by atoms with E-state index in [9.17, 15) is 5.11 Å². The molecule has 0 bridgehead atoms. The maximum Gasteiger partial charge on any atom is 0.148 e. The molecular weight excluding hydrogens is 467 g/mol. The molecule has 8 heteroatoms. The van der Waals surface area contributed by atoms with Crippen molar-refractivity contribution in [1.29, 1.82) is 0 Å². The molecule has 0 aliphatic carbocycles. The lowest BCUT2D eigenvalue weighted by molar-refractivity contribution is 0.0101. The predicted octanol–water partition coefficient (Wildman–Crippen LogP) is 5.52. The quantitative estimate of drug-likeness (QED) is 0.509. The van der Waals surface area contributed by atoms with Gasteiger partial charge in [0.15, 0.2) is 0 Å². The van der Waals surface area contributed by atoms with E-state index in [2.05, 4.69) is 19.8 Å². The van der Waals surface area contributed by atoms with E-state index in [0.29, 0.717) is 40.5 Å². The summed E-state index contributed by atoms with van der Waals surface area (Å²) in [7, 11) is 0. The summed E-state index contributed by atoms with van der Waals surface area (Å²) in [6.45, 7) is 6.43. The van der Waals surface area contributed by atoms with Crippen molar-refractivity contribution in [2.45, 2.75) is 25.5 Å². The number of piperazine rings is 1. The molecule has 1 aliphatic rings. The van der Waals surface area contributed by atoms with Crippen LogP contribution in [-0.4, -0.2) is 46.2 Å². The number of β-amino-alcohol motifs (C(OH)–C–C–N with tert-alkyl or cyclic N) is 1. The van der Waals surface area contributed by atoms with E-state index in [0.717, 1.165) is 23.4 Å². The molecule has 1 aliphatic heterocycles. The molecule has 3 aromatic rings. The highest BCUT2D eigenvalue weighted by Crippen LogP contribution is 2.36. The molecule has 1 aromatic carbocycles. The Morgan fingerprint density at radius 1 is 1.03 bits per heavy atom. The van der Waals surface area contributed by atoms with Gasteiger partial charge >= 0.3 is 0 Å². The van der Waals surface area contributed by atoms with Crippen LogP contribution in [0.1, 0.15) is 29.8 Å². The van der Waals surface area contributed by atoms with Crippen molar-refractivity contribution in [2.24, 2.45) is 0 Å². The molecule has 1 saturated heterocycles. The monoisotopic (exact) mass is 490 g/mol. The fourth-order valence-corrected chi connectivity index (χ4v) is 4.85. The van der Waals surface area contributed by atoms with E-state index >= 15 is 0 Å². The van der Waals surface area contributed by atoms with Gasteiger partial charge in [-0.05, 0) is 55.3 Å². The van der Waals surface area contributed by atoms with Gasteiger partial charge in [0.2, 0.25) is 0 Å².